The number of nitrogens with one attached hydrogen (secondary N) is 1. The van der Waals surface area contributed by atoms with Crippen LogP contribution in [-0.2, 0) is 0 Å². The number of piperidine rings is 1. The lowest BCUT2D eigenvalue weighted by Gasteiger charge is -2.20. The van der Waals surface area contributed by atoms with Gasteiger partial charge in [-0.1, -0.05) is 42.8 Å². The lowest BCUT2D eigenvalue weighted by molar-refractivity contribution is 0.455. The van der Waals surface area contributed by atoms with Gasteiger partial charge in [0.1, 0.15) is 0 Å². The lowest BCUT2D eigenvalue weighted by atomic mass is 10.0. The standard InChI is InChI=1S/C14H19N/c1-12-6-2-3-7-13(12)9-10-14-8-4-5-11-15-14/h2-3,6-7,9-10,14-15H,4-5,8,11H2,1H3/b10-9+. The minimum Gasteiger partial charge on any atom is -0.311 e. The van der Waals surface area contributed by atoms with E-state index in [0.717, 1.165) is 0 Å². The van der Waals surface area contributed by atoms with Crippen LogP contribution in [0.25, 0.3) is 6.08 Å². The molecule has 0 spiro atoms. The van der Waals surface area contributed by atoms with Gasteiger partial charge in [-0.3, -0.25) is 0 Å². The molecule has 1 atom stereocenters. The number of benzene rings is 1. The quantitative estimate of drug-likeness (QED) is 0.775. The third-order valence-corrected chi connectivity index (χ3v) is 3.04. The van der Waals surface area contributed by atoms with Gasteiger partial charge in [0.05, 0.1) is 0 Å². The Kier molecular flexibility index (Phi) is 3.57. The molecule has 1 fully saturated rings. The molecule has 0 bridgehead atoms. The van der Waals surface area contributed by atoms with Crippen molar-refractivity contribution in [2.75, 3.05) is 6.54 Å². The van der Waals surface area contributed by atoms with E-state index in [2.05, 4.69) is 48.7 Å². The van der Waals surface area contributed by atoms with Crippen LogP contribution in [0.15, 0.2) is 30.3 Å². The topological polar surface area (TPSA) is 12.0 Å². The third-order valence-electron chi connectivity index (χ3n) is 3.04. The van der Waals surface area contributed by atoms with Gasteiger partial charge >= 0.3 is 0 Å². The first-order chi connectivity index (χ1) is 7.36. The summed E-state index contributed by atoms with van der Waals surface area (Å²) in [7, 11) is 0. The zero-order valence-electron chi connectivity index (χ0n) is 9.37. The summed E-state index contributed by atoms with van der Waals surface area (Å²) in [4.78, 5) is 0. The van der Waals surface area contributed by atoms with Crippen molar-refractivity contribution >= 4 is 6.08 Å². The van der Waals surface area contributed by atoms with Crippen molar-refractivity contribution in [1.82, 2.24) is 5.32 Å². The second kappa shape index (κ2) is 5.13. The summed E-state index contributed by atoms with van der Waals surface area (Å²) in [6.45, 7) is 3.33. The molecule has 0 aliphatic carbocycles. The zero-order valence-corrected chi connectivity index (χ0v) is 9.37. The molecule has 1 unspecified atom stereocenters. The summed E-state index contributed by atoms with van der Waals surface area (Å²) in [5.41, 5.74) is 2.69. The molecule has 0 amide bonds. The molecule has 1 aliphatic heterocycles. The highest BCUT2D eigenvalue weighted by molar-refractivity contribution is 5.53. The molecule has 2 rings (SSSR count). The molecule has 1 heterocycles. The molecule has 0 aromatic heterocycles. The van der Waals surface area contributed by atoms with Crippen molar-refractivity contribution in [1.29, 1.82) is 0 Å². The molecular formula is C14H19N. The van der Waals surface area contributed by atoms with E-state index in [1.54, 1.807) is 0 Å². The Bertz CT molecular complexity index is 335. The van der Waals surface area contributed by atoms with Crippen molar-refractivity contribution < 1.29 is 0 Å². The van der Waals surface area contributed by atoms with E-state index in [0.29, 0.717) is 6.04 Å². The molecule has 1 aromatic carbocycles. The highest BCUT2D eigenvalue weighted by Crippen LogP contribution is 2.12. The van der Waals surface area contributed by atoms with Gasteiger partial charge in [-0.15, -0.1) is 0 Å². The average Bonchev–Trinajstić information content (AvgIpc) is 2.29. The maximum atomic E-state index is 3.52. The predicted molar refractivity (Wildman–Crippen MR) is 65.9 cm³/mol. The SMILES string of the molecule is Cc1ccccc1/C=C/C1CCCCN1. The van der Waals surface area contributed by atoms with E-state index in [4.69, 9.17) is 0 Å². The van der Waals surface area contributed by atoms with Gasteiger partial charge in [0.2, 0.25) is 0 Å². The summed E-state index contributed by atoms with van der Waals surface area (Å²) in [6, 6.07) is 9.10. The van der Waals surface area contributed by atoms with Crippen molar-refractivity contribution in [3.05, 3.63) is 41.5 Å². The Morgan fingerprint density at radius 2 is 2.13 bits per heavy atom. The Labute approximate surface area is 92.2 Å². The molecule has 1 aliphatic rings. The maximum Gasteiger partial charge on any atom is 0.0253 e. The van der Waals surface area contributed by atoms with E-state index in [9.17, 15) is 0 Å². The van der Waals surface area contributed by atoms with Crippen LogP contribution in [0.3, 0.4) is 0 Å². The first-order valence-electron chi connectivity index (χ1n) is 5.83. The fourth-order valence-electron chi connectivity index (χ4n) is 2.04. The van der Waals surface area contributed by atoms with Crippen LogP contribution in [0.2, 0.25) is 0 Å². The van der Waals surface area contributed by atoms with Crippen LogP contribution in [0.1, 0.15) is 30.4 Å². The van der Waals surface area contributed by atoms with Crippen molar-refractivity contribution in [3.63, 3.8) is 0 Å². The van der Waals surface area contributed by atoms with Gasteiger partial charge in [0.25, 0.3) is 0 Å². The molecule has 0 radical (unpaired) electrons. The molecular weight excluding hydrogens is 182 g/mol. The van der Waals surface area contributed by atoms with E-state index in [-0.39, 0.29) is 0 Å². The molecule has 1 heteroatoms. The van der Waals surface area contributed by atoms with E-state index < -0.39 is 0 Å². The molecule has 1 saturated heterocycles. The first kappa shape index (κ1) is 10.4. The Hall–Kier alpha value is -1.08. The summed E-state index contributed by atoms with van der Waals surface area (Å²) in [5, 5.41) is 3.52. The largest absolute Gasteiger partial charge is 0.311 e. The second-order valence-corrected chi connectivity index (χ2v) is 4.27. The molecule has 1 aromatic rings. The van der Waals surface area contributed by atoms with E-state index >= 15 is 0 Å². The first-order valence-corrected chi connectivity index (χ1v) is 5.83. The van der Waals surface area contributed by atoms with Crippen molar-refractivity contribution in [3.8, 4) is 0 Å². The minimum absolute atomic E-state index is 0.582. The normalized spacial score (nSPS) is 22.1. The minimum atomic E-state index is 0.582. The summed E-state index contributed by atoms with van der Waals surface area (Å²) >= 11 is 0. The fourth-order valence-corrected chi connectivity index (χ4v) is 2.04. The lowest BCUT2D eigenvalue weighted by Crippen LogP contribution is -2.31. The van der Waals surface area contributed by atoms with Gasteiger partial charge in [-0.05, 0) is 37.4 Å². The highest BCUT2D eigenvalue weighted by Gasteiger charge is 2.08. The number of rotatable bonds is 2. The number of hydrogen-bond donors (Lipinski definition) is 1. The summed E-state index contributed by atoms with van der Waals surface area (Å²) in [6.07, 6.45) is 8.52. The van der Waals surface area contributed by atoms with Gasteiger partial charge in [-0.25, -0.2) is 0 Å². The zero-order chi connectivity index (χ0) is 10.5. The van der Waals surface area contributed by atoms with Gasteiger partial charge in [0, 0.05) is 6.04 Å². The van der Waals surface area contributed by atoms with Gasteiger partial charge in [-0.2, -0.15) is 0 Å². The monoisotopic (exact) mass is 201 g/mol. The average molecular weight is 201 g/mol. The van der Waals surface area contributed by atoms with Crippen LogP contribution in [0, 0.1) is 6.92 Å². The predicted octanol–water partition coefficient (Wildman–Crippen LogP) is 3.15. The van der Waals surface area contributed by atoms with E-state index in [1.165, 1.54) is 36.9 Å². The highest BCUT2D eigenvalue weighted by atomic mass is 14.9. The third kappa shape index (κ3) is 2.93. The Morgan fingerprint density at radius 3 is 2.87 bits per heavy atom. The van der Waals surface area contributed by atoms with Crippen LogP contribution in [0.4, 0.5) is 0 Å². The molecule has 15 heavy (non-hydrogen) atoms. The maximum absolute atomic E-state index is 3.52. The van der Waals surface area contributed by atoms with Gasteiger partial charge < -0.3 is 5.32 Å². The Morgan fingerprint density at radius 1 is 1.27 bits per heavy atom. The van der Waals surface area contributed by atoms with Crippen molar-refractivity contribution in [2.24, 2.45) is 0 Å². The Balaban J connectivity index is 2.01. The summed E-state index contributed by atoms with van der Waals surface area (Å²) in [5.74, 6) is 0. The van der Waals surface area contributed by atoms with Crippen LogP contribution < -0.4 is 5.32 Å². The molecule has 1 N–H and O–H groups in total. The summed E-state index contributed by atoms with van der Waals surface area (Å²) < 4.78 is 0. The van der Waals surface area contributed by atoms with E-state index in [1.807, 2.05) is 0 Å². The smallest absolute Gasteiger partial charge is 0.0253 e. The molecule has 0 saturated carbocycles. The van der Waals surface area contributed by atoms with Crippen LogP contribution >= 0.6 is 0 Å². The number of hydrogen-bond acceptors (Lipinski definition) is 1. The van der Waals surface area contributed by atoms with Crippen LogP contribution in [-0.4, -0.2) is 12.6 Å². The second-order valence-electron chi connectivity index (χ2n) is 4.27. The molecule has 80 valence electrons. The van der Waals surface area contributed by atoms with Crippen molar-refractivity contribution in [2.45, 2.75) is 32.2 Å². The van der Waals surface area contributed by atoms with Gasteiger partial charge in [0.15, 0.2) is 0 Å². The fraction of sp³-hybridized carbons (Fsp3) is 0.429. The van der Waals surface area contributed by atoms with Crippen LogP contribution in [0.5, 0.6) is 0 Å². The molecule has 1 nitrogen and oxygen atoms in total. The number of aryl methyl sites for hydroxylation is 1.